The zero-order valence-electron chi connectivity index (χ0n) is 12.7. The topological polar surface area (TPSA) is 58.2 Å². The Labute approximate surface area is 138 Å². The fourth-order valence-electron chi connectivity index (χ4n) is 2.86. The van der Waals surface area contributed by atoms with Crippen molar-refractivity contribution in [2.45, 2.75) is 32.1 Å². The quantitative estimate of drug-likeness (QED) is 0.897. The maximum absolute atomic E-state index is 12.3. The van der Waals surface area contributed by atoms with Crippen LogP contribution in [0.25, 0.3) is 0 Å². The highest BCUT2D eigenvalue weighted by Crippen LogP contribution is 2.31. The third-order valence-electron chi connectivity index (χ3n) is 4.33. The molecule has 1 aromatic heterocycles. The van der Waals surface area contributed by atoms with Gasteiger partial charge in [0.1, 0.15) is 0 Å². The summed E-state index contributed by atoms with van der Waals surface area (Å²) in [4.78, 5) is 26.2. The first-order chi connectivity index (χ1) is 11.2. The smallest absolute Gasteiger partial charge is 0.265 e. The number of rotatable bonds is 4. The van der Waals surface area contributed by atoms with Gasteiger partial charge in [0.15, 0.2) is 0 Å². The standard InChI is InChI=1S/C18H18N2O2S/c21-17(11-4-5-11)19-13-6-8-14(9-7-13)20-18(22)16-10-12-2-1-3-15(12)23-16/h6-11H,1-5H2,(H,19,21)(H,20,22). The van der Waals surface area contributed by atoms with Gasteiger partial charge in [-0.1, -0.05) is 0 Å². The van der Waals surface area contributed by atoms with Crippen LogP contribution < -0.4 is 10.6 Å². The highest BCUT2D eigenvalue weighted by Gasteiger charge is 2.29. The molecule has 2 amide bonds. The van der Waals surface area contributed by atoms with E-state index in [4.69, 9.17) is 0 Å². The van der Waals surface area contributed by atoms with Crippen molar-refractivity contribution in [1.29, 1.82) is 0 Å². The predicted octanol–water partition coefficient (Wildman–Crippen LogP) is 3.84. The van der Waals surface area contributed by atoms with Gasteiger partial charge in [-0.3, -0.25) is 9.59 Å². The third-order valence-corrected chi connectivity index (χ3v) is 5.56. The first-order valence-corrected chi connectivity index (χ1v) is 8.84. The van der Waals surface area contributed by atoms with Crippen molar-refractivity contribution in [2.24, 2.45) is 5.92 Å². The molecular formula is C18H18N2O2S. The van der Waals surface area contributed by atoms with Gasteiger partial charge in [0.2, 0.25) is 5.91 Å². The number of benzene rings is 1. The van der Waals surface area contributed by atoms with E-state index in [0.717, 1.165) is 41.9 Å². The first kappa shape index (κ1) is 14.5. The van der Waals surface area contributed by atoms with Crippen molar-refractivity contribution in [3.63, 3.8) is 0 Å². The third kappa shape index (κ3) is 3.15. The van der Waals surface area contributed by atoms with E-state index in [-0.39, 0.29) is 17.7 Å². The molecule has 0 atom stereocenters. The summed E-state index contributed by atoms with van der Waals surface area (Å²) in [5.41, 5.74) is 2.85. The lowest BCUT2D eigenvalue weighted by molar-refractivity contribution is -0.117. The number of hydrogen-bond donors (Lipinski definition) is 2. The number of hydrogen-bond acceptors (Lipinski definition) is 3. The van der Waals surface area contributed by atoms with Gasteiger partial charge in [0.05, 0.1) is 4.88 Å². The van der Waals surface area contributed by atoms with Crippen molar-refractivity contribution in [3.05, 3.63) is 45.6 Å². The lowest BCUT2D eigenvalue weighted by atomic mass is 10.2. The summed E-state index contributed by atoms with van der Waals surface area (Å²) >= 11 is 1.60. The second-order valence-corrected chi connectivity index (χ2v) is 7.34. The number of nitrogens with one attached hydrogen (secondary N) is 2. The Bertz CT molecular complexity index is 738. The van der Waals surface area contributed by atoms with Crippen molar-refractivity contribution in [1.82, 2.24) is 0 Å². The number of fused-ring (bicyclic) bond motifs is 1. The lowest BCUT2D eigenvalue weighted by Gasteiger charge is -2.07. The van der Waals surface area contributed by atoms with Gasteiger partial charge < -0.3 is 10.6 Å². The summed E-state index contributed by atoms with van der Waals surface area (Å²) in [6.45, 7) is 0. The highest BCUT2D eigenvalue weighted by atomic mass is 32.1. The van der Waals surface area contributed by atoms with Gasteiger partial charge in [0.25, 0.3) is 5.91 Å². The molecule has 2 aliphatic carbocycles. The molecule has 23 heavy (non-hydrogen) atoms. The SMILES string of the molecule is O=C(Nc1ccc(NC(=O)C2CC2)cc1)c1cc2c(s1)CCC2. The Morgan fingerprint density at radius 3 is 2.35 bits per heavy atom. The summed E-state index contributed by atoms with van der Waals surface area (Å²) in [6, 6.07) is 9.31. The molecule has 0 aliphatic heterocycles. The monoisotopic (exact) mass is 326 g/mol. The van der Waals surface area contributed by atoms with Crippen molar-refractivity contribution < 1.29 is 9.59 Å². The number of amides is 2. The second-order valence-electron chi connectivity index (χ2n) is 6.21. The van der Waals surface area contributed by atoms with Crippen LogP contribution in [0, 0.1) is 5.92 Å². The molecule has 4 nitrogen and oxygen atoms in total. The minimum Gasteiger partial charge on any atom is -0.326 e. The molecule has 2 aliphatic rings. The number of thiophene rings is 1. The summed E-state index contributed by atoms with van der Waals surface area (Å²) in [6.07, 6.45) is 5.38. The van der Waals surface area contributed by atoms with Crippen LogP contribution in [0.1, 0.15) is 39.4 Å². The van der Waals surface area contributed by atoms with Crippen molar-refractivity contribution in [3.8, 4) is 0 Å². The molecule has 0 radical (unpaired) electrons. The Balaban J connectivity index is 1.39. The maximum atomic E-state index is 12.3. The van der Waals surface area contributed by atoms with Crippen LogP contribution in [0.4, 0.5) is 11.4 Å². The molecule has 1 aromatic carbocycles. The van der Waals surface area contributed by atoms with E-state index in [2.05, 4.69) is 10.6 Å². The van der Waals surface area contributed by atoms with Gasteiger partial charge in [-0.05, 0) is 68.0 Å². The average Bonchev–Trinajstić information content (AvgIpc) is 3.17. The van der Waals surface area contributed by atoms with Gasteiger partial charge in [-0.15, -0.1) is 11.3 Å². The van der Waals surface area contributed by atoms with E-state index < -0.39 is 0 Å². The molecule has 2 aromatic rings. The minimum atomic E-state index is -0.0563. The molecule has 4 rings (SSSR count). The number of carbonyl (C=O) groups is 2. The van der Waals surface area contributed by atoms with Gasteiger partial charge in [0, 0.05) is 22.2 Å². The molecule has 0 bridgehead atoms. The Morgan fingerprint density at radius 2 is 1.70 bits per heavy atom. The molecule has 1 heterocycles. The number of aryl methyl sites for hydroxylation is 2. The summed E-state index contributed by atoms with van der Waals surface area (Å²) < 4.78 is 0. The Hall–Kier alpha value is -2.14. The van der Waals surface area contributed by atoms with E-state index >= 15 is 0 Å². The number of carbonyl (C=O) groups excluding carboxylic acids is 2. The first-order valence-electron chi connectivity index (χ1n) is 8.03. The van der Waals surface area contributed by atoms with Crippen molar-refractivity contribution >= 4 is 34.5 Å². The molecule has 0 spiro atoms. The normalized spacial score (nSPS) is 16.0. The summed E-state index contributed by atoms with van der Waals surface area (Å²) in [5.74, 6) is 0.226. The van der Waals surface area contributed by atoms with Crippen LogP contribution in [-0.2, 0) is 17.6 Å². The molecule has 1 fully saturated rings. The largest absolute Gasteiger partial charge is 0.326 e. The van der Waals surface area contributed by atoms with E-state index in [9.17, 15) is 9.59 Å². The molecular weight excluding hydrogens is 308 g/mol. The zero-order chi connectivity index (χ0) is 15.8. The molecule has 118 valence electrons. The predicted molar refractivity (Wildman–Crippen MR) is 92.1 cm³/mol. The van der Waals surface area contributed by atoms with Gasteiger partial charge in [-0.2, -0.15) is 0 Å². The lowest BCUT2D eigenvalue weighted by Crippen LogP contribution is -2.13. The van der Waals surface area contributed by atoms with Crippen LogP contribution >= 0.6 is 11.3 Å². The fourth-order valence-corrected chi connectivity index (χ4v) is 4.01. The van der Waals surface area contributed by atoms with Crippen LogP contribution in [0.5, 0.6) is 0 Å². The molecule has 1 saturated carbocycles. The van der Waals surface area contributed by atoms with Crippen LogP contribution in [0.2, 0.25) is 0 Å². The Morgan fingerprint density at radius 1 is 1.00 bits per heavy atom. The van der Waals surface area contributed by atoms with E-state index in [1.54, 1.807) is 11.3 Å². The average molecular weight is 326 g/mol. The minimum absolute atomic E-state index is 0.0563. The van der Waals surface area contributed by atoms with Crippen LogP contribution in [0.15, 0.2) is 30.3 Å². The molecule has 5 heteroatoms. The van der Waals surface area contributed by atoms with Crippen molar-refractivity contribution in [2.75, 3.05) is 10.6 Å². The maximum Gasteiger partial charge on any atom is 0.265 e. The second kappa shape index (κ2) is 5.81. The van der Waals surface area contributed by atoms with Gasteiger partial charge in [-0.25, -0.2) is 0 Å². The molecule has 0 unspecified atom stereocenters. The summed E-state index contributed by atoms with van der Waals surface area (Å²) in [5, 5.41) is 5.81. The number of anilines is 2. The van der Waals surface area contributed by atoms with E-state index in [0.29, 0.717) is 0 Å². The summed E-state index contributed by atoms with van der Waals surface area (Å²) in [7, 11) is 0. The van der Waals surface area contributed by atoms with E-state index in [1.165, 1.54) is 16.9 Å². The molecule has 2 N–H and O–H groups in total. The van der Waals surface area contributed by atoms with E-state index in [1.807, 2.05) is 30.3 Å². The van der Waals surface area contributed by atoms with Crippen LogP contribution in [0.3, 0.4) is 0 Å². The molecule has 0 saturated heterocycles. The zero-order valence-corrected chi connectivity index (χ0v) is 13.5. The van der Waals surface area contributed by atoms with Crippen LogP contribution in [-0.4, -0.2) is 11.8 Å². The highest BCUT2D eigenvalue weighted by molar-refractivity contribution is 7.14. The van der Waals surface area contributed by atoms with Gasteiger partial charge >= 0.3 is 0 Å². The fraction of sp³-hybridized carbons (Fsp3) is 0.333. The Kier molecular flexibility index (Phi) is 3.65.